The lowest BCUT2D eigenvalue weighted by molar-refractivity contribution is -0.122. The first-order valence-corrected chi connectivity index (χ1v) is 7.73. The molecule has 1 aromatic carbocycles. The second-order valence-corrected chi connectivity index (χ2v) is 6.01. The molecule has 2 atom stereocenters. The fourth-order valence-corrected chi connectivity index (χ4v) is 2.64. The van der Waals surface area contributed by atoms with Gasteiger partial charge in [0.1, 0.15) is 0 Å². The second-order valence-electron chi connectivity index (χ2n) is 5.57. The lowest BCUT2D eigenvalue weighted by Crippen LogP contribution is -2.48. The van der Waals surface area contributed by atoms with E-state index in [1.54, 1.807) is 24.3 Å². The van der Waals surface area contributed by atoms with E-state index in [0.29, 0.717) is 16.5 Å². The molecule has 1 saturated heterocycles. The number of carbonyl (C=O) groups excluding carboxylic acids is 2. The number of ketones is 1. The minimum Gasteiger partial charge on any atom is -0.353 e. The molecule has 0 aromatic heterocycles. The smallest absolute Gasteiger partial charge is 0.220 e. The molecule has 114 valence electrons. The van der Waals surface area contributed by atoms with Crippen LogP contribution in [0.25, 0.3) is 0 Å². The van der Waals surface area contributed by atoms with E-state index in [1.807, 2.05) is 0 Å². The summed E-state index contributed by atoms with van der Waals surface area (Å²) in [7, 11) is 0. The van der Waals surface area contributed by atoms with Crippen molar-refractivity contribution in [1.82, 2.24) is 10.6 Å². The summed E-state index contributed by atoms with van der Waals surface area (Å²) in [6, 6.07) is 6.97. The molecule has 2 N–H and O–H groups in total. The lowest BCUT2D eigenvalue weighted by atomic mass is 9.95. The summed E-state index contributed by atoms with van der Waals surface area (Å²) in [5, 5.41) is 6.93. The Bertz CT molecular complexity index is 502. The molecule has 5 heteroatoms. The van der Waals surface area contributed by atoms with Gasteiger partial charge in [0, 0.05) is 29.5 Å². The van der Waals surface area contributed by atoms with Crippen molar-refractivity contribution in [3.8, 4) is 0 Å². The number of halogens is 1. The topological polar surface area (TPSA) is 58.2 Å². The van der Waals surface area contributed by atoms with Crippen LogP contribution in [-0.4, -0.2) is 30.8 Å². The first kappa shape index (κ1) is 16.0. The summed E-state index contributed by atoms with van der Waals surface area (Å²) in [6.45, 7) is 3.98. The highest BCUT2D eigenvalue weighted by Gasteiger charge is 2.22. The maximum atomic E-state index is 12.0. The molecule has 1 amide bonds. The van der Waals surface area contributed by atoms with E-state index in [-0.39, 0.29) is 30.6 Å². The van der Waals surface area contributed by atoms with Crippen molar-refractivity contribution in [1.29, 1.82) is 0 Å². The van der Waals surface area contributed by atoms with Crippen LogP contribution in [0.3, 0.4) is 0 Å². The van der Waals surface area contributed by atoms with Crippen LogP contribution >= 0.6 is 11.6 Å². The van der Waals surface area contributed by atoms with Crippen molar-refractivity contribution in [3.63, 3.8) is 0 Å². The Hall–Kier alpha value is -1.39. The third-order valence-corrected chi connectivity index (χ3v) is 4.13. The average molecular weight is 309 g/mol. The SMILES string of the molecule is CC1CNCCC1NC(=O)CCC(=O)c1ccc(Cl)cc1. The molecule has 0 saturated carbocycles. The van der Waals surface area contributed by atoms with Gasteiger partial charge in [-0.05, 0) is 49.7 Å². The van der Waals surface area contributed by atoms with Gasteiger partial charge in [0.25, 0.3) is 0 Å². The van der Waals surface area contributed by atoms with Crippen LogP contribution in [0.2, 0.25) is 5.02 Å². The largest absolute Gasteiger partial charge is 0.353 e. The standard InChI is InChI=1S/C16H21ClN2O2/c1-11-10-18-9-8-14(11)19-16(21)7-6-15(20)12-2-4-13(17)5-3-12/h2-5,11,14,18H,6-10H2,1H3,(H,19,21). The third-order valence-electron chi connectivity index (χ3n) is 3.88. The Morgan fingerprint density at radius 2 is 2.00 bits per heavy atom. The van der Waals surface area contributed by atoms with E-state index in [2.05, 4.69) is 17.6 Å². The van der Waals surface area contributed by atoms with Crippen LogP contribution in [-0.2, 0) is 4.79 Å². The zero-order valence-electron chi connectivity index (χ0n) is 12.2. The van der Waals surface area contributed by atoms with E-state index in [0.717, 1.165) is 19.5 Å². The molecular formula is C16H21ClN2O2. The van der Waals surface area contributed by atoms with E-state index in [4.69, 9.17) is 11.6 Å². The van der Waals surface area contributed by atoms with Crippen LogP contribution in [0.5, 0.6) is 0 Å². The van der Waals surface area contributed by atoms with Crippen molar-refractivity contribution in [2.75, 3.05) is 13.1 Å². The second kappa shape index (κ2) is 7.57. The molecule has 1 aliphatic heterocycles. The average Bonchev–Trinajstić information content (AvgIpc) is 2.48. The minimum absolute atomic E-state index is 0.0276. The Morgan fingerprint density at radius 3 is 2.67 bits per heavy atom. The molecule has 2 rings (SSSR count). The maximum Gasteiger partial charge on any atom is 0.220 e. The summed E-state index contributed by atoms with van der Waals surface area (Å²) < 4.78 is 0. The number of rotatable bonds is 5. The summed E-state index contributed by atoms with van der Waals surface area (Å²) in [5.41, 5.74) is 0.599. The van der Waals surface area contributed by atoms with Crippen molar-refractivity contribution in [2.45, 2.75) is 32.2 Å². The molecule has 21 heavy (non-hydrogen) atoms. The van der Waals surface area contributed by atoms with Gasteiger partial charge in [-0.2, -0.15) is 0 Å². The molecule has 0 radical (unpaired) electrons. The van der Waals surface area contributed by atoms with E-state index in [1.165, 1.54) is 0 Å². The summed E-state index contributed by atoms with van der Waals surface area (Å²) in [4.78, 5) is 23.9. The molecule has 2 unspecified atom stereocenters. The molecule has 1 fully saturated rings. The monoisotopic (exact) mass is 308 g/mol. The van der Waals surface area contributed by atoms with Gasteiger partial charge in [-0.1, -0.05) is 18.5 Å². The molecule has 1 heterocycles. The quantitative estimate of drug-likeness (QED) is 0.821. The molecule has 4 nitrogen and oxygen atoms in total. The zero-order chi connectivity index (χ0) is 15.2. The van der Waals surface area contributed by atoms with Crippen molar-refractivity contribution in [2.24, 2.45) is 5.92 Å². The number of nitrogens with one attached hydrogen (secondary N) is 2. The minimum atomic E-state index is -0.0453. The summed E-state index contributed by atoms with van der Waals surface area (Å²) in [5.74, 6) is 0.353. The van der Waals surface area contributed by atoms with Gasteiger partial charge in [0.2, 0.25) is 5.91 Å². The Morgan fingerprint density at radius 1 is 1.29 bits per heavy atom. The van der Waals surface area contributed by atoms with Crippen molar-refractivity contribution >= 4 is 23.3 Å². The number of hydrogen-bond acceptors (Lipinski definition) is 3. The fraction of sp³-hybridized carbons (Fsp3) is 0.500. The number of Topliss-reactive ketones (excluding diaryl/α,β-unsaturated/α-hetero) is 1. The Kier molecular flexibility index (Phi) is 5.76. The zero-order valence-corrected chi connectivity index (χ0v) is 13.0. The van der Waals surface area contributed by atoms with Crippen LogP contribution in [0.15, 0.2) is 24.3 Å². The van der Waals surface area contributed by atoms with Crippen LogP contribution in [0.4, 0.5) is 0 Å². The highest BCUT2D eigenvalue weighted by molar-refractivity contribution is 6.30. The predicted molar refractivity (Wildman–Crippen MR) is 83.6 cm³/mol. The molecular weight excluding hydrogens is 288 g/mol. The molecule has 0 spiro atoms. The number of carbonyl (C=O) groups is 2. The van der Waals surface area contributed by atoms with Crippen molar-refractivity contribution in [3.05, 3.63) is 34.9 Å². The normalized spacial score (nSPS) is 21.8. The van der Waals surface area contributed by atoms with Gasteiger partial charge < -0.3 is 10.6 Å². The van der Waals surface area contributed by atoms with Gasteiger partial charge in [-0.25, -0.2) is 0 Å². The van der Waals surface area contributed by atoms with Crippen molar-refractivity contribution < 1.29 is 9.59 Å². The molecule has 0 bridgehead atoms. The highest BCUT2D eigenvalue weighted by atomic mass is 35.5. The highest BCUT2D eigenvalue weighted by Crippen LogP contribution is 2.13. The number of hydrogen-bond donors (Lipinski definition) is 2. The van der Waals surface area contributed by atoms with E-state index < -0.39 is 0 Å². The van der Waals surface area contributed by atoms with Gasteiger partial charge >= 0.3 is 0 Å². The van der Waals surface area contributed by atoms with Crippen LogP contribution < -0.4 is 10.6 Å². The number of amides is 1. The fourth-order valence-electron chi connectivity index (χ4n) is 2.51. The molecule has 1 aliphatic rings. The van der Waals surface area contributed by atoms with E-state index >= 15 is 0 Å². The summed E-state index contributed by atoms with van der Waals surface area (Å²) in [6.07, 6.45) is 1.41. The van der Waals surface area contributed by atoms with Crippen LogP contribution in [0, 0.1) is 5.92 Å². The Balaban J connectivity index is 1.78. The van der Waals surface area contributed by atoms with Gasteiger partial charge in [-0.3, -0.25) is 9.59 Å². The molecule has 0 aliphatic carbocycles. The first-order valence-electron chi connectivity index (χ1n) is 7.35. The summed E-state index contributed by atoms with van der Waals surface area (Å²) >= 11 is 5.79. The van der Waals surface area contributed by atoms with Gasteiger partial charge in [-0.15, -0.1) is 0 Å². The third kappa shape index (κ3) is 4.83. The van der Waals surface area contributed by atoms with Gasteiger partial charge in [0.15, 0.2) is 5.78 Å². The Labute approximate surface area is 130 Å². The number of piperidine rings is 1. The predicted octanol–water partition coefficient (Wildman–Crippen LogP) is 2.42. The first-order chi connectivity index (χ1) is 10.1. The number of benzene rings is 1. The van der Waals surface area contributed by atoms with Crippen LogP contribution in [0.1, 0.15) is 36.5 Å². The van der Waals surface area contributed by atoms with Gasteiger partial charge in [0.05, 0.1) is 0 Å². The van der Waals surface area contributed by atoms with E-state index in [9.17, 15) is 9.59 Å². The maximum absolute atomic E-state index is 12.0. The molecule has 1 aromatic rings. The lowest BCUT2D eigenvalue weighted by Gasteiger charge is -2.30.